The molecule has 0 unspecified atom stereocenters. The average Bonchev–Trinajstić information content (AvgIpc) is 2.65. The quantitative estimate of drug-likeness (QED) is 0.837. The Morgan fingerprint density at radius 2 is 1.77 bits per heavy atom. The molecule has 0 spiro atoms. The van der Waals surface area contributed by atoms with Gasteiger partial charge in [-0.2, -0.15) is 5.10 Å². The Morgan fingerprint density at radius 3 is 2.32 bits per heavy atom. The first-order valence-corrected chi connectivity index (χ1v) is 9.56. The van der Waals surface area contributed by atoms with Crippen LogP contribution in [0, 0.1) is 6.92 Å². The van der Waals surface area contributed by atoms with Crippen molar-refractivity contribution in [1.82, 2.24) is 9.78 Å². The number of nitrogens with zero attached hydrogens (tertiary/aromatic N) is 2. The Bertz CT molecular complexity index is 901. The van der Waals surface area contributed by atoms with Crippen LogP contribution in [-0.4, -0.2) is 32.9 Å². The van der Waals surface area contributed by atoms with Crippen molar-refractivity contribution in [1.29, 1.82) is 0 Å². The lowest BCUT2D eigenvalue weighted by Gasteiger charge is -2.10. The molecule has 0 aliphatic rings. The molecule has 0 saturated carbocycles. The summed E-state index contributed by atoms with van der Waals surface area (Å²) >= 11 is 0. The van der Waals surface area contributed by atoms with E-state index in [9.17, 15) is 16.8 Å². The lowest BCUT2D eigenvalue weighted by Crippen LogP contribution is -2.16. The third kappa shape index (κ3) is 3.98. The second-order valence-electron chi connectivity index (χ2n) is 4.80. The van der Waals surface area contributed by atoms with E-state index in [1.165, 1.54) is 28.9 Å². The average molecular weight is 344 g/mol. The molecule has 2 N–H and O–H groups in total. The van der Waals surface area contributed by atoms with Gasteiger partial charge in [-0.3, -0.25) is 14.1 Å². The van der Waals surface area contributed by atoms with Crippen molar-refractivity contribution >= 4 is 31.6 Å². The maximum Gasteiger partial charge on any atom is 0.263 e. The molecule has 0 atom stereocenters. The van der Waals surface area contributed by atoms with Gasteiger partial charge in [0.15, 0.2) is 0 Å². The molecule has 120 valence electrons. The maximum atomic E-state index is 12.4. The van der Waals surface area contributed by atoms with E-state index in [-0.39, 0.29) is 10.6 Å². The number of sulfonamides is 2. The molecular weight excluding hydrogens is 328 g/mol. The molecule has 0 aliphatic heterocycles. The molecule has 0 amide bonds. The van der Waals surface area contributed by atoms with Crippen LogP contribution in [0.5, 0.6) is 0 Å². The van der Waals surface area contributed by atoms with Crippen molar-refractivity contribution < 1.29 is 16.8 Å². The van der Waals surface area contributed by atoms with E-state index >= 15 is 0 Å². The van der Waals surface area contributed by atoms with E-state index in [0.29, 0.717) is 11.5 Å². The van der Waals surface area contributed by atoms with Crippen molar-refractivity contribution in [3.8, 4) is 0 Å². The molecule has 2 rings (SSSR count). The SMILES string of the molecule is Cc1cc(NS(=O)(=O)c2cccc(NS(C)(=O)=O)c2)n(C)n1. The highest BCUT2D eigenvalue weighted by molar-refractivity contribution is 7.93. The predicted octanol–water partition coefficient (Wildman–Crippen LogP) is 0.901. The summed E-state index contributed by atoms with van der Waals surface area (Å²) in [6.07, 6.45) is 0.991. The Labute approximate surface area is 129 Å². The molecule has 10 heteroatoms. The largest absolute Gasteiger partial charge is 0.284 e. The number of rotatable bonds is 5. The second-order valence-corrected chi connectivity index (χ2v) is 8.23. The number of aryl methyl sites for hydroxylation is 2. The summed E-state index contributed by atoms with van der Waals surface area (Å²) in [4.78, 5) is -0.0556. The highest BCUT2D eigenvalue weighted by atomic mass is 32.2. The van der Waals surface area contributed by atoms with Crippen LogP contribution < -0.4 is 9.44 Å². The Kier molecular flexibility index (Phi) is 4.16. The fraction of sp³-hybridized carbons (Fsp3) is 0.250. The van der Waals surface area contributed by atoms with Gasteiger partial charge >= 0.3 is 0 Å². The van der Waals surface area contributed by atoms with Crippen molar-refractivity contribution in [2.75, 3.05) is 15.7 Å². The van der Waals surface area contributed by atoms with Gasteiger partial charge in [0, 0.05) is 18.8 Å². The lowest BCUT2D eigenvalue weighted by molar-refractivity contribution is 0.599. The van der Waals surface area contributed by atoms with Crippen LogP contribution in [0.2, 0.25) is 0 Å². The number of hydrogen-bond donors (Lipinski definition) is 2. The molecule has 1 heterocycles. The van der Waals surface area contributed by atoms with E-state index in [0.717, 1.165) is 6.26 Å². The number of hydrogen-bond acceptors (Lipinski definition) is 5. The van der Waals surface area contributed by atoms with Gasteiger partial charge < -0.3 is 0 Å². The van der Waals surface area contributed by atoms with Crippen LogP contribution in [0.25, 0.3) is 0 Å². The monoisotopic (exact) mass is 344 g/mol. The first-order valence-electron chi connectivity index (χ1n) is 6.18. The topological polar surface area (TPSA) is 110 Å². The highest BCUT2D eigenvalue weighted by Gasteiger charge is 2.17. The summed E-state index contributed by atoms with van der Waals surface area (Å²) in [5, 5.41) is 4.05. The van der Waals surface area contributed by atoms with Gasteiger partial charge in [0.2, 0.25) is 10.0 Å². The van der Waals surface area contributed by atoms with Gasteiger partial charge in [0.05, 0.1) is 16.8 Å². The van der Waals surface area contributed by atoms with Crippen LogP contribution in [-0.2, 0) is 27.1 Å². The zero-order valence-electron chi connectivity index (χ0n) is 12.2. The van der Waals surface area contributed by atoms with Crippen LogP contribution >= 0.6 is 0 Å². The molecule has 0 aliphatic carbocycles. The molecule has 1 aromatic heterocycles. The van der Waals surface area contributed by atoms with E-state index < -0.39 is 20.0 Å². The number of aromatic nitrogens is 2. The standard InChI is InChI=1S/C12H16N4O4S2/c1-9-7-12(16(2)13-9)15-22(19,20)11-6-4-5-10(8-11)14-21(3,17)18/h4-8,14-15H,1-3H3. The fourth-order valence-corrected chi connectivity index (χ4v) is 3.52. The Balaban J connectivity index is 2.33. The predicted molar refractivity (Wildman–Crippen MR) is 83.7 cm³/mol. The summed E-state index contributed by atoms with van der Waals surface area (Å²) < 4.78 is 53.2. The zero-order valence-corrected chi connectivity index (χ0v) is 13.9. The minimum atomic E-state index is -3.85. The van der Waals surface area contributed by atoms with Gasteiger partial charge in [-0.1, -0.05) is 6.07 Å². The van der Waals surface area contributed by atoms with Crippen molar-refractivity contribution in [2.45, 2.75) is 11.8 Å². The smallest absolute Gasteiger partial charge is 0.263 e. The molecule has 8 nitrogen and oxygen atoms in total. The maximum absolute atomic E-state index is 12.4. The molecule has 0 bridgehead atoms. The first-order chi connectivity index (χ1) is 10.1. The third-order valence-corrected chi connectivity index (χ3v) is 4.65. The van der Waals surface area contributed by atoms with Gasteiger partial charge in [0.25, 0.3) is 10.0 Å². The Morgan fingerprint density at radius 1 is 1.09 bits per heavy atom. The van der Waals surface area contributed by atoms with Gasteiger partial charge in [-0.15, -0.1) is 0 Å². The normalized spacial score (nSPS) is 12.1. The number of nitrogens with one attached hydrogen (secondary N) is 2. The van der Waals surface area contributed by atoms with Crippen LogP contribution in [0.15, 0.2) is 35.2 Å². The van der Waals surface area contributed by atoms with Gasteiger partial charge in [-0.25, -0.2) is 16.8 Å². The van der Waals surface area contributed by atoms with E-state index in [1.54, 1.807) is 20.0 Å². The highest BCUT2D eigenvalue weighted by Crippen LogP contribution is 2.20. The molecule has 0 radical (unpaired) electrons. The fourth-order valence-electron chi connectivity index (χ4n) is 1.84. The van der Waals surface area contributed by atoms with E-state index in [4.69, 9.17) is 0 Å². The van der Waals surface area contributed by atoms with Crippen LogP contribution in [0.3, 0.4) is 0 Å². The molecule has 0 saturated heterocycles. The van der Waals surface area contributed by atoms with E-state index in [1.807, 2.05) is 0 Å². The summed E-state index contributed by atoms with van der Waals surface area (Å²) in [5.74, 6) is 0.318. The summed E-state index contributed by atoms with van der Waals surface area (Å²) in [7, 11) is -5.71. The lowest BCUT2D eigenvalue weighted by atomic mass is 10.3. The van der Waals surface area contributed by atoms with Gasteiger partial charge in [0.1, 0.15) is 5.82 Å². The van der Waals surface area contributed by atoms with Crippen molar-refractivity contribution in [2.24, 2.45) is 7.05 Å². The molecule has 2 aromatic rings. The summed E-state index contributed by atoms with van der Waals surface area (Å²) in [5.41, 5.74) is 0.847. The molecule has 22 heavy (non-hydrogen) atoms. The first kappa shape index (κ1) is 16.3. The molecule has 1 aromatic carbocycles. The molecular formula is C12H16N4O4S2. The van der Waals surface area contributed by atoms with Crippen molar-refractivity contribution in [3.63, 3.8) is 0 Å². The Hall–Kier alpha value is -2.07. The number of anilines is 2. The van der Waals surface area contributed by atoms with Gasteiger partial charge in [-0.05, 0) is 25.1 Å². The van der Waals surface area contributed by atoms with E-state index in [2.05, 4.69) is 14.5 Å². The minimum Gasteiger partial charge on any atom is -0.284 e. The zero-order chi connectivity index (χ0) is 16.5. The minimum absolute atomic E-state index is 0.0556. The third-order valence-electron chi connectivity index (χ3n) is 2.69. The van der Waals surface area contributed by atoms with Crippen LogP contribution in [0.4, 0.5) is 11.5 Å². The second kappa shape index (κ2) is 5.61. The van der Waals surface area contributed by atoms with Crippen LogP contribution in [0.1, 0.15) is 5.69 Å². The molecule has 0 fully saturated rings. The number of benzene rings is 1. The summed E-state index contributed by atoms with van der Waals surface area (Å²) in [6.45, 7) is 1.74. The van der Waals surface area contributed by atoms with Crippen molar-refractivity contribution in [3.05, 3.63) is 36.0 Å². The summed E-state index contributed by atoms with van der Waals surface area (Å²) in [6, 6.07) is 7.13.